The summed E-state index contributed by atoms with van der Waals surface area (Å²) >= 11 is 1.78. The van der Waals surface area contributed by atoms with Gasteiger partial charge in [-0.2, -0.15) is 0 Å². The van der Waals surface area contributed by atoms with E-state index in [1.165, 1.54) is 36.5 Å². The highest BCUT2D eigenvalue weighted by molar-refractivity contribution is 7.09. The van der Waals surface area contributed by atoms with Gasteiger partial charge in [0.2, 0.25) is 0 Å². The molecule has 0 saturated heterocycles. The van der Waals surface area contributed by atoms with E-state index in [-0.39, 0.29) is 0 Å². The maximum absolute atomic E-state index is 4.73. The molecule has 1 heterocycles. The van der Waals surface area contributed by atoms with Crippen molar-refractivity contribution in [1.82, 2.24) is 15.2 Å². The van der Waals surface area contributed by atoms with Gasteiger partial charge >= 0.3 is 0 Å². The average Bonchev–Trinajstić information content (AvgIpc) is 3.08. The van der Waals surface area contributed by atoms with Crippen LogP contribution in [-0.2, 0) is 13.1 Å². The first-order chi connectivity index (χ1) is 8.69. The molecule has 0 radical (unpaired) electrons. The number of thiazole rings is 1. The maximum atomic E-state index is 4.73. The molecule has 1 saturated carbocycles. The quantitative estimate of drug-likeness (QED) is 0.785. The monoisotopic (exact) mass is 267 g/mol. The summed E-state index contributed by atoms with van der Waals surface area (Å²) in [4.78, 5) is 7.32. The van der Waals surface area contributed by atoms with Crippen LogP contribution in [0.25, 0.3) is 0 Å². The lowest BCUT2D eigenvalue weighted by molar-refractivity contribution is 0.252. The van der Waals surface area contributed by atoms with Gasteiger partial charge in [0.05, 0.1) is 5.69 Å². The van der Waals surface area contributed by atoms with Gasteiger partial charge < -0.3 is 5.32 Å². The number of nitrogens with zero attached hydrogens (tertiary/aromatic N) is 2. The first-order valence-corrected chi connectivity index (χ1v) is 7.97. The molecule has 4 heteroatoms. The maximum Gasteiger partial charge on any atom is 0.107 e. The van der Waals surface area contributed by atoms with E-state index in [9.17, 15) is 0 Å². The van der Waals surface area contributed by atoms with Gasteiger partial charge in [0, 0.05) is 30.6 Å². The SMILES string of the molecule is CCCN(Cc1csc(CNC(C)C)n1)C1CC1. The van der Waals surface area contributed by atoms with Crippen molar-refractivity contribution in [1.29, 1.82) is 0 Å². The number of rotatable bonds is 8. The minimum Gasteiger partial charge on any atom is -0.308 e. The van der Waals surface area contributed by atoms with Gasteiger partial charge in [-0.3, -0.25) is 4.90 Å². The smallest absolute Gasteiger partial charge is 0.107 e. The van der Waals surface area contributed by atoms with Gasteiger partial charge in [-0.05, 0) is 25.8 Å². The predicted octanol–water partition coefficient (Wildman–Crippen LogP) is 3.02. The zero-order chi connectivity index (χ0) is 13.0. The van der Waals surface area contributed by atoms with Crippen LogP contribution >= 0.6 is 11.3 Å². The molecule has 1 aromatic heterocycles. The Morgan fingerprint density at radius 3 is 2.89 bits per heavy atom. The first kappa shape index (κ1) is 14.0. The van der Waals surface area contributed by atoms with Crippen molar-refractivity contribution < 1.29 is 0 Å². The summed E-state index contributed by atoms with van der Waals surface area (Å²) < 4.78 is 0. The van der Waals surface area contributed by atoms with Gasteiger partial charge in [0.1, 0.15) is 5.01 Å². The Morgan fingerprint density at radius 2 is 2.28 bits per heavy atom. The highest BCUT2D eigenvalue weighted by Gasteiger charge is 2.28. The van der Waals surface area contributed by atoms with Crippen LogP contribution in [0.1, 0.15) is 50.7 Å². The summed E-state index contributed by atoms with van der Waals surface area (Å²) in [5.74, 6) is 0. The number of nitrogens with one attached hydrogen (secondary N) is 1. The fourth-order valence-electron chi connectivity index (χ4n) is 2.12. The minimum atomic E-state index is 0.528. The highest BCUT2D eigenvalue weighted by Crippen LogP contribution is 2.28. The van der Waals surface area contributed by atoms with Gasteiger partial charge in [-0.15, -0.1) is 11.3 Å². The topological polar surface area (TPSA) is 28.2 Å². The molecule has 1 aliphatic carbocycles. The van der Waals surface area contributed by atoms with E-state index in [0.29, 0.717) is 6.04 Å². The third kappa shape index (κ3) is 4.34. The van der Waals surface area contributed by atoms with Crippen molar-refractivity contribution in [3.05, 3.63) is 16.1 Å². The van der Waals surface area contributed by atoms with E-state index >= 15 is 0 Å². The fraction of sp³-hybridized carbons (Fsp3) is 0.786. The zero-order valence-corrected chi connectivity index (χ0v) is 12.6. The fourth-order valence-corrected chi connectivity index (χ4v) is 2.86. The van der Waals surface area contributed by atoms with Crippen molar-refractivity contribution in [2.45, 2.75) is 65.2 Å². The molecule has 102 valence electrons. The van der Waals surface area contributed by atoms with Crippen LogP contribution in [0, 0.1) is 0 Å². The van der Waals surface area contributed by atoms with Crippen LogP contribution in [0.3, 0.4) is 0 Å². The number of aromatic nitrogens is 1. The molecule has 1 fully saturated rings. The van der Waals surface area contributed by atoms with Crippen molar-refractivity contribution in [2.24, 2.45) is 0 Å². The summed E-state index contributed by atoms with van der Waals surface area (Å²) in [5.41, 5.74) is 1.25. The highest BCUT2D eigenvalue weighted by atomic mass is 32.1. The third-order valence-electron chi connectivity index (χ3n) is 3.20. The molecule has 1 aromatic rings. The molecule has 0 bridgehead atoms. The van der Waals surface area contributed by atoms with Crippen molar-refractivity contribution in [3.63, 3.8) is 0 Å². The Labute approximate surface area is 115 Å². The van der Waals surface area contributed by atoms with E-state index in [1.807, 2.05) is 0 Å². The molecule has 1 aliphatic rings. The van der Waals surface area contributed by atoms with E-state index in [4.69, 9.17) is 4.98 Å². The average molecular weight is 267 g/mol. The normalized spacial score (nSPS) is 15.8. The van der Waals surface area contributed by atoms with Crippen molar-refractivity contribution >= 4 is 11.3 Å². The standard InChI is InChI=1S/C14H25N3S/c1-4-7-17(13-5-6-13)9-12-10-18-14(16-12)8-15-11(2)3/h10-11,13,15H,4-9H2,1-3H3. The Hall–Kier alpha value is -0.450. The summed E-state index contributed by atoms with van der Waals surface area (Å²) in [7, 11) is 0. The van der Waals surface area contributed by atoms with Crippen LogP contribution < -0.4 is 5.32 Å². The molecule has 0 aromatic carbocycles. The van der Waals surface area contributed by atoms with Crippen molar-refractivity contribution in [2.75, 3.05) is 6.54 Å². The van der Waals surface area contributed by atoms with Crippen LogP contribution in [0.4, 0.5) is 0 Å². The van der Waals surface area contributed by atoms with Crippen LogP contribution in [0.15, 0.2) is 5.38 Å². The Morgan fingerprint density at radius 1 is 1.50 bits per heavy atom. The molecular formula is C14H25N3S. The lowest BCUT2D eigenvalue weighted by Gasteiger charge is -2.19. The minimum absolute atomic E-state index is 0.528. The van der Waals surface area contributed by atoms with Crippen LogP contribution in [0.5, 0.6) is 0 Å². The second kappa shape index (κ2) is 6.64. The van der Waals surface area contributed by atoms with Crippen molar-refractivity contribution in [3.8, 4) is 0 Å². The molecule has 2 rings (SSSR count). The number of hydrogen-bond acceptors (Lipinski definition) is 4. The Bertz CT molecular complexity index is 358. The Kier molecular flexibility index (Phi) is 5.15. The molecule has 0 spiro atoms. The van der Waals surface area contributed by atoms with Gasteiger partial charge in [0.15, 0.2) is 0 Å². The van der Waals surface area contributed by atoms with E-state index < -0.39 is 0 Å². The Balaban J connectivity index is 1.84. The summed E-state index contributed by atoms with van der Waals surface area (Å²) in [6.07, 6.45) is 4.00. The summed E-state index contributed by atoms with van der Waals surface area (Å²) in [6.45, 7) is 9.75. The molecule has 0 unspecified atom stereocenters. The van der Waals surface area contributed by atoms with E-state index in [1.54, 1.807) is 11.3 Å². The lowest BCUT2D eigenvalue weighted by atomic mass is 10.3. The molecular weight excluding hydrogens is 242 g/mol. The van der Waals surface area contributed by atoms with Gasteiger partial charge in [0.25, 0.3) is 0 Å². The second-order valence-corrected chi connectivity index (χ2v) is 6.41. The van der Waals surface area contributed by atoms with E-state index in [2.05, 4.69) is 36.4 Å². The van der Waals surface area contributed by atoms with Crippen LogP contribution in [0.2, 0.25) is 0 Å². The molecule has 0 aliphatic heterocycles. The largest absolute Gasteiger partial charge is 0.308 e. The van der Waals surface area contributed by atoms with Gasteiger partial charge in [-0.25, -0.2) is 4.98 Å². The zero-order valence-electron chi connectivity index (χ0n) is 11.8. The summed E-state index contributed by atoms with van der Waals surface area (Å²) in [5, 5.41) is 6.86. The molecule has 1 N–H and O–H groups in total. The first-order valence-electron chi connectivity index (χ1n) is 7.09. The molecule has 0 amide bonds. The van der Waals surface area contributed by atoms with E-state index in [0.717, 1.165) is 19.1 Å². The van der Waals surface area contributed by atoms with Crippen LogP contribution in [-0.4, -0.2) is 28.5 Å². The third-order valence-corrected chi connectivity index (χ3v) is 4.10. The molecule has 0 atom stereocenters. The summed E-state index contributed by atoms with van der Waals surface area (Å²) in [6, 6.07) is 1.37. The predicted molar refractivity (Wildman–Crippen MR) is 77.8 cm³/mol. The second-order valence-electron chi connectivity index (χ2n) is 5.47. The molecule has 3 nitrogen and oxygen atoms in total. The lowest BCUT2D eigenvalue weighted by Crippen LogP contribution is -2.26. The molecule has 18 heavy (non-hydrogen) atoms. The number of hydrogen-bond donors (Lipinski definition) is 1. The van der Waals surface area contributed by atoms with Gasteiger partial charge in [-0.1, -0.05) is 20.8 Å².